The number of rotatable bonds is 0. The Kier molecular flexibility index (Phi) is 1.96. The molecule has 90 valence electrons. The second-order valence-corrected chi connectivity index (χ2v) is 4.37. The quantitative estimate of drug-likeness (QED) is 0.712. The fourth-order valence-corrected chi connectivity index (χ4v) is 2.26. The highest BCUT2D eigenvalue weighted by Gasteiger charge is 2.34. The van der Waals surface area contributed by atoms with Crippen molar-refractivity contribution in [1.82, 2.24) is 0 Å². The molecule has 0 atom stereocenters. The average Bonchev–Trinajstić information content (AvgIpc) is 2.53. The van der Waals surface area contributed by atoms with Gasteiger partial charge in [-0.25, -0.2) is 0 Å². The van der Waals surface area contributed by atoms with E-state index in [0.717, 1.165) is 11.1 Å². The number of ketones is 1. The summed E-state index contributed by atoms with van der Waals surface area (Å²) in [6.07, 6.45) is 0. The molecule has 2 aromatic rings. The fourth-order valence-electron chi connectivity index (χ4n) is 2.26. The zero-order valence-corrected chi connectivity index (χ0v) is 9.79. The summed E-state index contributed by atoms with van der Waals surface area (Å²) in [5, 5.41) is 2.62. The van der Waals surface area contributed by atoms with Gasteiger partial charge in [0.1, 0.15) is 11.1 Å². The van der Waals surface area contributed by atoms with Crippen molar-refractivity contribution in [1.29, 1.82) is 0 Å². The van der Waals surface area contributed by atoms with Gasteiger partial charge in [0, 0.05) is 0 Å². The third kappa shape index (κ3) is 1.24. The Hall–Kier alpha value is -2.43. The maximum atomic E-state index is 12.2. The molecule has 0 radical (unpaired) electrons. The largest absolute Gasteiger partial charge is 0.439 e. The molecule has 1 aliphatic rings. The molecular formula is C13H9NO4. The molecule has 0 fully saturated rings. The van der Waals surface area contributed by atoms with E-state index in [-0.39, 0.29) is 11.4 Å². The highest BCUT2D eigenvalue weighted by molar-refractivity contribution is 6.51. The van der Waals surface area contributed by atoms with Gasteiger partial charge in [0.15, 0.2) is 0 Å². The summed E-state index contributed by atoms with van der Waals surface area (Å²) in [4.78, 5) is 35.1. The van der Waals surface area contributed by atoms with Crippen LogP contribution in [-0.2, 0) is 4.79 Å². The molecule has 0 bridgehead atoms. The Labute approximate surface area is 101 Å². The molecule has 1 aliphatic heterocycles. The first-order valence-corrected chi connectivity index (χ1v) is 5.43. The van der Waals surface area contributed by atoms with Crippen LogP contribution in [0.3, 0.4) is 0 Å². The highest BCUT2D eigenvalue weighted by Crippen LogP contribution is 2.27. The van der Waals surface area contributed by atoms with E-state index in [2.05, 4.69) is 5.32 Å². The SMILES string of the molecule is Cc1cc(C)c2c(=O)c3c(oc2c1)NC(=O)C3=O. The highest BCUT2D eigenvalue weighted by atomic mass is 16.4. The van der Waals surface area contributed by atoms with Gasteiger partial charge in [0.05, 0.1) is 5.39 Å². The van der Waals surface area contributed by atoms with Crippen LogP contribution in [0.2, 0.25) is 0 Å². The van der Waals surface area contributed by atoms with Gasteiger partial charge in [-0.05, 0) is 31.0 Å². The lowest BCUT2D eigenvalue weighted by atomic mass is 10.0. The Bertz CT molecular complexity index is 786. The first kappa shape index (κ1) is 10.7. The summed E-state index contributed by atoms with van der Waals surface area (Å²) in [5.41, 5.74) is 1.41. The number of hydrogen-bond acceptors (Lipinski definition) is 4. The standard InChI is InChI=1S/C13H9NO4/c1-5-3-6(2)8-7(4-5)18-13-9(10(8)15)11(16)12(17)14-13/h3-4H,1-2H3,(H,14,16,17). The van der Waals surface area contributed by atoms with E-state index >= 15 is 0 Å². The smallest absolute Gasteiger partial charge is 0.299 e. The van der Waals surface area contributed by atoms with Crippen molar-refractivity contribution < 1.29 is 14.0 Å². The normalized spacial score (nSPS) is 13.9. The number of Topliss-reactive ketones (excluding diaryl/α,β-unsaturated/α-hetero) is 1. The minimum absolute atomic E-state index is 0.0486. The zero-order valence-electron chi connectivity index (χ0n) is 9.79. The molecule has 1 N–H and O–H groups in total. The van der Waals surface area contributed by atoms with Crippen LogP contribution in [-0.4, -0.2) is 11.7 Å². The summed E-state index contributed by atoms with van der Waals surface area (Å²) >= 11 is 0. The molecule has 5 nitrogen and oxygen atoms in total. The first-order valence-electron chi connectivity index (χ1n) is 5.43. The Morgan fingerprint density at radius 3 is 2.56 bits per heavy atom. The number of hydrogen-bond donors (Lipinski definition) is 1. The molecule has 0 unspecified atom stereocenters. The van der Waals surface area contributed by atoms with E-state index in [1.54, 1.807) is 13.0 Å². The molecule has 1 aromatic carbocycles. The lowest BCUT2D eigenvalue weighted by Crippen LogP contribution is -2.17. The van der Waals surface area contributed by atoms with E-state index < -0.39 is 17.1 Å². The third-order valence-electron chi connectivity index (χ3n) is 3.00. The molecule has 1 aromatic heterocycles. The number of carbonyl (C=O) groups excluding carboxylic acids is 2. The average molecular weight is 243 g/mol. The predicted octanol–water partition coefficient (Wildman–Crippen LogP) is 1.54. The van der Waals surface area contributed by atoms with Crippen LogP contribution in [0, 0.1) is 13.8 Å². The molecule has 0 aliphatic carbocycles. The second kappa shape index (κ2) is 3.29. The predicted molar refractivity (Wildman–Crippen MR) is 64.9 cm³/mol. The van der Waals surface area contributed by atoms with Gasteiger partial charge in [-0.15, -0.1) is 0 Å². The van der Waals surface area contributed by atoms with Gasteiger partial charge in [0.2, 0.25) is 11.3 Å². The van der Waals surface area contributed by atoms with Crippen LogP contribution in [0.4, 0.5) is 5.88 Å². The van der Waals surface area contributed by atoms with Crippen molar-refractivity contribution in [2.24, 2.45) is 0 Å². The van der Waals surface area contributed by atoms with Crippen LogP contribution in [0.1, 0.15) is 21.5 Å². The van der Waals surface area contributed by atoms with E-state index in [1.165, 1.54) is 0 Å². The molecule has 1 amide bonds. The molecule has 2 heterocycles. The second-order valence-electron chi connectivity index (χ2n) is 4.37. The van der Waals surface area contributed by atoms with Crippen LogP contribution in [0.25, 0.3) is 11.0 Å². The topological polar surface area (TPSA) is 76.4 Å². The van der Waals surface area contributed by atoms with E-state index in [1.807, 2.05) is 13.0 Å². The Morgan fingerprint density at radius 2 is 1.83 bits per heavy atom. The van der Waals surface area contributed by atoms with Gasteiger partial charge < -0.3 is 4.42 Å². The van der Waals surface area contributed by atoms with Gasteiger partial charge in [0.25, 0.3) is 11.7 Å². The maximum Gasteiger partial charge on any atom is 0.299 e. The number of benzene rings is 1. The van der Waals surface area contributed by atoms with Crippen LogP contribution in [0.5, 0.6) is 0 Å². The maximum absolute atomic E-state index is 12.2. The molecule has 0 spiro atoms. The zero-order chi connectivity index (χ0) is 13.0. The Morgan fingerprint density at radius 1 is 1.11 bits per heavy atom. The lowest BCUT2D eigenvalue weighted by molar-refractivity contribution is -0.112. The fraction of sp³-hybridized carbons (Fsp3) is 0.154. The van der Waals surface area contributed by atoms with Crippen LogP contribution >= 0.6 is 0 Å². The lowest BCUT2D eigenvalue weighted by Gasteiger charge is -2.04. The van der Waals surface area contributed by atoms with Crippen molar-refractivity contribution in [3.8, 4) is 0 Å². The number of amides is 1. The van der Waals surface area contributed by atoms with E-state index in [0.29, 0.717) is 11.0 Å². The van der Waals surface area contributed by atoms with Gasteiger partial charge in [-0.2, -0.15) is 0 Å². The Balaban J connectivity index is 2.52. The van der Waals surface area contributed by atoms with E-state index in [9.17, 15) is 14.4 Å². The molecule has 18 heavy (non-hydrogen) atoms. The number of anilines is 1. The van der Waals surface area contributed by atoms with Gasteiger partial charge >= 0.3 is 0 Å². The van der Waals surface area contributed by atoms with E-state index in [4.69, 9.17) is 4.42 Å². The molecule has 3 rings (SSSR count). The number of fused-ring (bicyclic) bond motifs is 2. The van der Waals surface area contributed by atoms with Crippen molar-refractivity contribution >= 4 is 28.5 Å². The van der Waals surface area contributed by atoms with Gasteiger partial charge in [-0.3, -0.25) is 19.7 Å². The summed E-state index contributed by atoms with van der Waals surface area (Å²) in [6.45, 7) is 3.65. The summed E-state index contributed by atoms with van der Waals surface area (Å²) in [7, 11) is 0. The third-order valence-corrected chi connectivity index (χ3v) is 3.00. The molecule has 0 saturated heterocycles. The van der Waals surface area contributed by atoms with Crippen molar-refractivity contribution in [2.45, 2.75) is 13.8 Å². The summed E-state index contributed by atoms with van der Waals surface area (Å²) in [6, 6.07) is 3.54. The first-order chi connectivity index (χ1) is 8.49. The minimum Gasteiger partial charge on any atom is -0.439 e. The summed E-state index contributed by atoms with van der Waals surface area (Å²) in [5.74, 6) is -1.70. The van der Waals surface area contributed by atoms with Crippen LogP contribution < -0.4 is 10.7 Å². The summed E-state index contributed by atoms with van der Waals surface area (Å²) < 4.78 is 5.43. The van der Waals surface area contributed by atoms with Crippen molar-refractivity contribution in [3.63, 3.8) is 0 Å². The monoisotopic (exact) mass is 243 g/mol. The van der Waals surface area contributed by atoms with Gasteiger partial charge in [-0.1, -0.05) is 6.07 Å². The van der Waals surface area contributed by atoms with Crippen molar-refractivity contribution in [2.75, 3.05) is 5.32 Å². The minimum atomic E-state index is -0.833. The van der Waals surface area contributed by atoms with Crippen molar-refractivity contribution in [3.05, 3.63) is 39.0 Å². The van der Waals surface area contributed by atoms with Crippen LogP contribution in [0.15, 0.2) is 21.3 Å². The molecule has 5 heteroatoms. The number of aryl methyl sites for hydroxylation is 2. The number of nitrogens with one attached hydrogen (secondary N) is 1. The molecule has 0 saturated carbocycles. The number of carbonyl (C=O) groups is 2. The molecular weight excluding hydrogens is 234 g/mol.